The van der Waals surface area contributed by atoms with Gasteiger partial charge in [0.25, 0.3) is 0 Å². The highest BCUT2D eigenvalue weighted by Gasteiger charge is 2.10. The molecule has 0 amide bonds. The molecule has 1 aromatic rings. The summed E-state index contributed by atoms with van der Waals surface area (Å²) in [5, 5.41) is 7.90. The lowest BCUT2D eigenvalue weighted by Crippen LogP contribution is -2.15. The van der Waals surface area contributed by atoms with Crippen LogP contribution in [0.25, 0.3) is 0 Å². The van der Waals surface area contributed by atoms with Gasteiger partial charge in [-0.3, -0.25) is 4.68 Å². The average Bonchev–Trinajstić information content (AvgIpc) is 2.62. The van der Waals surface area contributed by atoms with E-state index in [-0.39, 0.29) is 0 Å². The third kappa shape index (κ3) is 5.31. The number of hydrogen-bond acceptors (Lipinski definition) is 2. The molecule has 1 heterocycles. The zero-order valence-corrected chi connectivity index (χ0v) is 11.1. The molecular weight excluding hydrogens is 198 g/mol. The summed E-state index contributed by atoms with van der Waals surface area (Å²) < 4.78 is 2.05. The Morgan fingerprint density at radius 2 is 2.12 bits per heavy atom. The SMILES string of the molecule is CCCNCc1ccn(CCC(C)(C)C)n1. The molecule has 0 atom stereocenters. The predicted octanol–water partition coefficient (Wildman–Crippen LogP) is 2.82. The molecule has 1 rings (SSSR count). The van der Waals surface area contributed by atoms with Crippen molar-refractivity contribution in [3.63, 3.8) is 0 Å². The number of nitrogens with zero attached hydrogens (tertiary/aromatic N) is 2. The number of hydrogen-bond donors (Lipinski definition) is 1. The molecule has 92 valence electrons. The quantitative estimate of drug-likeness (QED) is 0.752. The van der Waals surface area contributed by atoms with Crippen molar-refractivity contribution in [1.82, 2.24) is 15.1 Å². The van der Waals surface area contributed by atoms with Crippen LogP contribution < -0.4 is 5.32 Å². The summed E-state index contributed by atoms with van der Waals surface area (Å²) >= 11 is 0. The molecule has 16 heavy (non-hydrogen) atoms. The molecule has 0 aliphatic carbocycles. The van der Waals surface area contributed by atoms with Crippen molar-refractivity contribution in [3.8, 4) is 0 Å². The van der Waals surface area contributed by atoms with Gasteiger partial charge < -0.3 is 5.32 Å². The van der Waals surface area contributed by atoms with E-state index in [2.05, 4.69) is 50.4 Å². The Kier molecular flexibility index (Phi) is 5.00. The monoisotopic (exact) mass is 223 g/mol. The maximum absolute atomic E-state index is 4.54. The number of rotatable bonds is 6. The molecule has 0 bridgehead atoms. The fourth-order valence-corrected chi connectivity index (χ4v) is 1.47. The van der Waals surface area contributed by atoms with Crippen molar-refractivity contribution in [1.29, 1.82) is 0 Å². The molecule has 0 radical (unpaired) electrons. The maximum atomic E-state index is 4.54. The van der Waals surface area contributed by atoms with E-state index in [0.717, 1.165) is 31.7 Å². The van der Waals surface area contributed by atoms with Gasteiger partial charge in [-0.2, -0.15) is 5.10 Å². The first-order chi connectivity index (χ1) is 7.51. The molecule has 0 aromatic carbocycles. The van der Waals surface area contributed by atoms with E-state index in [1.807, 2.05) is 4.68 Å². The van der Waals surface area contributed by atoms with E-state index < -0.39 is 0 Å². The van der Waals surface area contributed by atoms with E-state index in [1.165, 1.54) is 6.42 Å². The van der Waals surface area contributed by atoms with Crippen LogP contribution in [0, 0.1) is 5.41 Å². The normalized spacial score (nSPS) is 12.0. The van der Waals surface area contributed by atoms with Crippen LogP contribution in [0.15, 0.2) is 12.3 Å². The molecule has 3 heteroatoms. The van der Waals surface area contributed by atoms with Gasteiger partial charge in [-0.15, -0.1) is 0 Å². The number of aryl methyl sites for hydroxylation is 1. The summed E-state index contributed by atoms with van der Waals surface area (Å²) in [6.07, 6.45) is 4.41. The second-order valence-electron chi connectivity index (χ2n) is 5.56. The lowest BCUT2D eigenvalue weighted by Gasteiger charge is -2.17. The second-order valence-corrected chi connectivity index (χ2v) is 5.56. The smallest absolute Gasteiger partial charge is 0.0762 e. The van der Waals surface area contributed by atoms with Gasteiger partial charge in [0.05, 0.1) is 5.69 Å². The maximum Gasteiger partial charge on any atom is 0.0762 e. The number of nitrogens with one attached hydrogen (secondary N) is 1. The standard InChI is InChI=1S/C13H25N3/c1-5-8-14-11-12-6-9-16(15-12)10-7-13(2,3)4/h6,9,14H,5,7-8,10-11H2,1-4H3. The summed E-state index contributed by atoms with van der Waals surface area (Å²) in [6.45, 7) is 11.9. The first kappa shape index (κ1) is 13.2. The third-order valence-corrected chi connectivity index (χ3v) is 2.52. The minimum Gasteiger partial charge on any atom is -0.311 e. The van der Waals surface area contributed by atoms with Gasteiger partial charge in [-0.25, -0.2) is 0 Å². The van der Waals surface area contributed by atoms with Crippen LogP contribution >= 0.6 is 0 Å². The fraction of sp³-hybridized carbons (Fsp3) is 0.769. The van der Waals surface area contributed by atoms with Crippen molar-refractivity contribution in [2.24, 2.45) is 5.41 Å². The van der Waals surface area contributed by atoms with Crippen molar-refractivity contribution in [2.75, 3.05) is 6.54 Å². The van der Waals surface area contributed by atoms with Gasteiger partial charge >= 0.3 is 0 Å². The van der Waals surface area contributed by atoms with Gasteiger partial charge in [0.1, 0.15) is 0 Å². The van der Waals surface area contributed by atoms with Crippen LogP contribution in [-0.4, -0.2) is 16.3 Å². The minimum absolute atomic E-state index is 0.382. The zero-order valence-electron chi connectivity index (χ0n) is 11.1. The molecule has 1 N–H and O–H groups in total. The van der Waals surface area contributed by atoms with Crippen LogP contribution in [-0.2, 0) is 13.1 Å². The van der Waals surface area contributed by atoms with E-state index in [0.29, 0.717) is 5.41 Å². The van der Waals surface area contributed by atoms with Crippen molar-refractivity contribution in [2.45, 2.75) is 53.6 Å². The summed E-state index contributed by atoms with van der Waals surface area (Å²) in [7, 11) is 0. The molecule has 0 saturated carbocycles. The molecule has 0 unspecified atom stereocenters. The second kappa shape index (κ2) is 6.04. The van der Waals surface area contributed by atoms with E-state index in [4.69, 9.17) is 0 Å². The first-order valence-corrected chi connectivity index (χ1v) is 6.24. The summed E-state index contributed by atoms with van der Waals surface area (Å²) in [5.74, 6) is 0. The Morgan fingerprint density at radius 3 is 2.75 bits per heavy atom. The Hall–Kier alpha value is -0.830. The molecular formula is C13H25N3. The Balaban J connectivity index is 2.33. The highest BCUT2D eigenvalue weighted by molar-refractivity contribution is 4.98. The largest absolute Gasteiger partial charge is 0.311 e. The Morgan fingerprint density at radius 1 is 1.38 bits per heavy atom. The minimum atomic E-state index is 0.382. The molecule has 0 aliphatic heterocycles. The highest BCUT2D eigenvalue weighted by atomic mass is 15.3. The van der Waals surface area contributed by atoms with Gasteiger partial charge in [-0.05, 0) is 30.9 Å². The fourth-order valence-electron chi connectivity index (χ4n) is 1.47. The van der Waals surface area contributed by atoms with Crippen LogP contribution in [0.3, 0.4) is 0 Å². The van der Waals surface area contributed by atoms with Crippen molar-refractivity contribution in [3.05, 3.63) is 18.0 Å². The van der Waals surface area contributed by atoms with Crippen molar-refractivity contribution >= 4 is 0 Å². The number of aromatic nitrogens is 2. The van der Waals surface area contributed by atoms with Crippen LogP contribution in [0.4, 0.5) is 0 Å². The molecule has 3 nitrogen and oxygen atoms in total. The zero-order chi connectivity index (χ0) is 12.0. The molecule has 0 saturated heterocycles. The first-order valence-electron chi connectivity index (χ1n) is 6.24. The van der Waals surface area contributed by atoms with Gasteiger partial charge in [0.2, 0.25) is 0 Å². The molecule has 1 aromatic heterocycles. The Bertz CT molecular complexity index is 296. The van der Waals surface area contributed by atoms with E-state index in [1.54, 1.807) is 0 Å². The van der Waals surface area contributed by atoms with Crippen LogP contribution in [0.1, 0.15) is 46.2 Å². The molecule has 0 aliphatic rings. The average molecular weight is 223 g/mol. The van der Waals surface area contributed by atoms with E-state index >= 15 is 0 Å². The lowest BCUT2D eigenvalue weighted by atomic mass is 9.92. The highest BCUT2D eigenvalue weighted by Crippen LogP contribution is 2.18. The molecule has 0 fully saturated rings. The summed E-state index contributed by atoms with van der Waals surface area (Å²) in [6, 6.07) is 2.10. The summed E-state index contributed by atoms with van der Waals surface area (Å²) in [4.78, 5) is 0. The van der Waals surface area contributed by atoms with Gasteiger partial charge in [0, 0.05) is 19.3 Å². The van der Waals surface area contributed by atoms with Gasteiger partial charge in [-0.1, -0.05) is 27.7 Å². The Labute approximate surface area is 99.2 Å². The topological polar surface area (TPSA) is 29.9 Å². The predicted molar refractivity (Wildman–Crippen MR) is 68.3 cm³/mol. The lowest BCUT2D eigenvalue weighted by molar-refractivity contribution is 0.340. The van der Waals surface area contributed by atoms with Crippen molar-refractivity contribution < 1.29 is 0 Å². The molecule has 0 spiro atoms. The van der Waals surface area contributed by atoms with Crippen LogP contribution in [0.5, 0.6) is 0 Å². The van der Waals surface area contributed by atoms with Gasteiger partial charge in [0.15, 0.2) is 0 Å². The third-order valence-electron chi connectivity index (χ3n) is 2.52. The summed E-state index contributed by atoms with van der Waals surface area (Å²) in [5.41, 5.74) is 1.52. The van der Waals surface area contributed by atoms with E-state index in [9.17, 15) is 0 Å². The van der Waals surface area contributed by atoms with Crippen LogP contribution in [0.2, 0.25) is 0 Å².